The highest BCUT2D eigenvalue weighted by Gasteiger charge is 2.18. The number of hydrogen-bond donors (Lipinski definition) is 0. The van der Waals surface area contributed by atoms with Crippen molar-refractivity contribution in [2.24, 2.45) is 0 Å². The van der Waals surface area contributed by atoms with Crippen LogP contribution in [0.15, 0.2) is 109 Å². The van der Waals surface area contributed by atoms with Crippen LogP contribution in [0.1, 0.15) is 27.7 Å². The third-order valence-electron chi connectivity index (χ3n) is 5.64. The predicted octanol–water partition coefficient (Wildman–Crippen LogP) is 6.95. The van der Waals surface area contributed by atoms with Crippen molar-refractivity contribution in [3.63, 3.8) is 0 Å². The van der Waals surface area contributed by atoms with Crippen LogP contribution in [0, 0.1) is 0 Å². The molecule has 0 radical (unpaired) electrons. The Hall–Kier alpha value is -5.50. The fourth-order valence-electron chi connectivity index (χ4n) is 3.34. The third kappa shape index (κ3) is 7.79. The van der Waals surface area contributed by atoms with Crippen molar-refractivity contribution >= 4 is 23.9 Å². The molecule has 8 nitrogen and oxygen atoms in total. The third-order valence-corrected chi connectivity index (χ3v) is 5.64. The van der Waals surface area contributed by atoms with E-state index < -0.39 is 23.9 Å². The molecule has 3 rings (SSSR count). The fourth-order valence-corrected chi connectivity index (χ4v) is 3.34. The lowest BCUT2D eigenvalue weighted by Gasteiger charge is -2.14. The normalized spacial score (nSPS) is 10.2. The zero-order valence-corrected chi connectivity index (χ0v) is 23.9. The Morgan fingerprint density at radius 2 is 0.881 bits per heavy atom. The van der Waals surface area contributed by atoms with E-state index in [0.717, 1.165) is 5.56 Å². The fraction of sp³-hybridized carbons (Fsp3) is 0.118. The van der Waals surface area contributed by atoms with Crippen molar-refractivity contribution in [3.8, 4) is 45.3 Å². The van der Waals surface area contributed by atoms with E-state index >= 15 is 0 Å². The number of rotatable bonds is 10. The molecule has 0 aromatic heterocycles. The monoisotopic (exact) mass is 566 g/mol. The summed E-state index contributed by atoms with van der Waals surface area (Å²) in [4.78, 5) is 48.7. The molecule has 8 heteroatoms. The Morgan fingerprint density at radius 1 is 0.452 bits per heavy atom. The number of hydrogen-bond acceptors (Lipinski definition) is 8. The van der Waals surface area contributed by atoms with E-state index in [4.69, 9.17) is 18.9 Å². The van der Waals surface area contributed by atoms with Gasteiger partial charge in [-0.05, 0) is 68.7 Å². The van der Waals surface area contributed by atoms with Crippen molar-refractivity contribution in [3.05, 3.63) is 109 Å². The molecule has 0 atom stereocenters. The maximum atomic E-state index is 12.3. The summed E-state index contributed by atoms with van der Waals surface area (Å²) in [6, 6.07) is 16.7. The second-order valence-electron chi connectivity index (χ2n) is 9.58. The van der Waals surface area contributed by atoms with Crippen molar-refractivity contribution in [2.75, 3.05) is 0 Å². The van der Waals surface area contributed by atoms with Gasteiger partial charge in [-0.1, -0.05) is 56.6 Å². The van der Waals surface area contributed by atoms with Crippen molar-refractivity contribution in [2.45, 2.75) is 27.7 Å². The first-order valence-corrected chi connectivity index (χ1v) is 12.7. The standard InChI is InChI=1S/C34H30O8/c1-19(2)31(35)39-26-14-15-27(29(18-26)41-33(37)21(5)6)24-11-9-23(10-12-24)25-13-16-28(40-32(36)20(3)4)30(17-25)42-34(38)22(7)8/h9-18H,1,3,5,7H2,2,4,6,8H3. The topological polar surface area (TPSA) is 105 Å². The first-order chi connectivity index (χ1) is 19.8. The van der Waals surface area contributed by atoms with Crippen LogP contribution in [0.25, 0.3) is 22.3 Å². The Morgan fingerprint density at radius 3 is 1.40 bits per heavy atom. The van der Waals surface area contributed by atoms with Gasteiger partial charge in [0.05, 0.1) is 0 Å². The molecule has 0 amide bonds. The van der Waals surface area contributed by atoms with Crippen LogP contribution in [0.5, 0.6) is 23.0 Å². The zero-order valence-electron chi connectivity index (χ0n) is 23.9. The lowest BCUT2D eigenvalue weighted by atomic mass is 9.99. The molecule has 42 heavy (non-hydrogen) atoms. The summed E-state index contributed by atoms with van der Waals surface area (Å²) >= 11 is 0. The van der Waals surface area contributed by atoms with Gasteiger partial charge in [-0.15, -0.1) is 0 Å². The molecule has 0 saturated heterocycles. The summed E-state index contributed by atoms with van der Waals surface area (Å²) in [6.07, 6.45) is 0. The van der Waals surface area contributed by atoms with Gasteiger partial charge in [0.1, 0.15) is 11.5 Å². The largest absolute Gasteiger partial charge is 0.423 e. The molecule has 0 spiro atoms. The lowest BCUT2D eigenvalue weighted by Crippen LogP contribution is -2.12. The minimum absolute atomic E-state index is 0.0352. The van der Waals surface area contributed by atoms with Crippen LogP contribution < -0.4 is 18.9 Å². The molecule has 3 aromatic carbocycles. The number of benzene rings is 3. The van der Waals surface area contributed by atoms with E-state index in [1.807, 2.05) is 12.1 Å². The van der Waals surface area contributed by atoms with E-state index in [2.05, 4.69) is 26.3 Å². The van der Waals surface area contributed by atoms with E-state index in [1.54, 1.807) is 36.4 Å². The van der Waals surface area contributed by atoms with Gasteiger partial charge in [0.2, 0.25) is 0 Å². The summed E-state index contributed by atoms with van der Waals surface area (Å²) in [5.41, 5.74) is 3.43. The lowest BCUT2D eigenvalue weighted by molar-refractivity contribution is -0.132. The summed E-state index contributed by atoms with van der Waals surface area (Å²) in [5, 5.41) is 0. The summed E-state index contributed by atoms with van der Waals surface area (Å²) < 4.78 is 21.6. The minimum Gasteiger partial charge on any atom is -0.423 e. The molecule has 214 valence electrons. The SMILES string of the molecule is C=C(C)C(=O)Oc1ccc(-c2ccc(-c3ccc(OC(=O)C(=C)C)c(OC(=O)C(=C)C)c3)cc2)c(OC(=O)C(=C)C)c1. The van der Waals surface area contributed by atoms with Gasteiger partial charge in [-0.3, -0.25) is 0 Å². The Balaban J connectivity index is 2.00. The maximum Gasteiger partial charge on any atom is 0.338 e. The second-order valence-corrected chi connectivity index (χ2v) is 9.58. The first kappa shape index (κ1) is 31.0. The predicted molar refractivity (Wildman–Crippen MR) is 159 cm³/mol. The van der Waals surface area contributed by atoms with E-state index in [-0.39, 0.29) is 45.3 Å². The molecule has 0 saturated carbocycles. The zero-order chi connectivity index (χ0) is 31.1. The summed E-state index contributed by atoms with van der Waals surface area (Å²) in [7, 11) is 0. The Kier molecular flexibility index (Phi) is 9.78. The molecule has 3 aromatic rings. The van der Waals surface area contributed by atoms with E-state index in [9.17, 15) is 19.2 Å². The van der Waals surface area contributed by atoms with E-state index in [0.29, 0.717) is 16.7 Å². The van der Waals surface area contributed by atoms with Crippen molar-refractivity contribution < 1.29 is 38.1 Å². The van der Waals surface area contributed by atoms with Gasteiger partial charge in [0, 0.05) is 33.9 Å². The van der Waals surface area contributed by atoms with Crippen LogP contribution in [-0.2, 0) is 19.2 Å². The van der Waals surface area contributed by atoms with Crippen LogP contribution in [0.2, 0.25) is 0 Å². The molecule has 0 heterocycles. The average molecular weight is 567 g/mol. The second kappa shape index (κ2) is 13.2. The highest BCUT2D eigenvalue weighted by Crippen LogP contribution is 2.37. The van der Waals surface area contributed by atoms with Crippen LogP contribution in [-0.4, -0.2) is 23.9 Å². The Bertz CT molecular complexity index is 1640. The van der Waals surface area contributed by atoms with Crippen LogP contribution >= 0.6 is 0 Å². The number of carbonyl (C=O) groups is 4. The van der Waals surface area contributed by atoms with Gasteiger partial charge in [-0.2, -0.15) is 0 Å². The molecular weight excluding hydrogens is 536 g/mol. The van der Waals surface area contributed by atoms with Crippen molar-refractivity contribution in [1.82, 2.24) is 0 Å². The number of ether oxygens (including phenoxy) is 4. The maximum absolute atomic E-state index is 12.3. The number of carbonyl (C=O) groups excluding carboxylic acids is 4. The summed E-state index contributed by atoms with van der Waals surface area (Å²) in [5.74, 6) is -2.16. The molecule has 0 aliphatic carbocycles. The van der Waals surface area contributed by atoms with Crippen LogP contribution in [0.4, 0.5) is 0 Å². The molecule has 0 fully saturated rings. The van der Waals surface area contributed by atoms with Gasteiger partial charge >= 0.3 is 23.9 Å². The van der Waals surface area contributed by atoms with E-state index in [1.165, 1.54) is 39.8 Å². The average Bonchev–Trinajstić information content (AvgIpc) is 2.93. The quantitative estimate of drug-likeness (QED) is 0.148. The van der Waals surface area contributed by atoms with Gasteiger partial charge in [0.25, 0.3) is 0 Å². The molecule has 0 aliphatic rings. The molecule has 0 N–H and O–H groups in total. The summed E-state index contributed by atoms with van der Waals surface area (Å²) in [6.45, 7) is 20.4. The first-order valence-electron chi connectivity index (χ1n) is 12.7. The van der Waals surface area contributed by atoms with Crippen molar-refractivity contribution in [1.29, 1.82) is 0 Å². The highest BCUT2D eigenvalue weighted by atomic mass is 16.6. The van der Waals surface area contributed by atoms with Gasteiger partial charge in [-0.25, -0.2) is 19.2 Å². The number of esters is 4. The van der Waals surface area contributed by atoms with Gasteiger partial charge < -0.3 is 18.9 Å². The molecule has 0 unspecified atom stereocenters. The van der Waals surface area contributed by atoms with Crippen LogP contribution in [0.3, 0.4) is 0 Å². The minimum atomic E-state index is -0.677. The smallest absolute Gasteiger partial charge is 0.338 e. The Labute approximate surface area is 244 Å². The molecule has 0 bridgehead atoms. The molecule has 0 aliphatic heterocycles. The molecular formula is C34H30O8. The highest BCUT2D eigenvalue weighted by molar-refractivity contribution is 5.92. The van der Waals surface area contributed by atoms with Gasteiger partial charge in [0.15, 0.2) is 11.5 Å².